The molecular weight excluding hydrogens is 386 g/mol. The second kappa shape index (κ2) is 8.08. The third kappa shape index (κ3) is 3.58. The molecule has 0 radical (unpaired) electrons. The Bertz CT molecular complexity index is 824. The van der Waals surface area contributed by atoms with E-state index >= 15 is 0 Å². The minimum atomic E-state index is -0.426. The largest absolute Gasteiger partial charge is 0.504 e. The topological polar surface area (TPSA) is 69.9 Å². The van der Waals surface area contributed by atoms with E-state index in [0.29, 0.717) is 28.9 Å². The van der Waals surface area contributed by atoms with Gasteiger partial charge in [-0.2, -0.15) is 0 Å². The van der Waals surface area contributed by atoms with Crippen molar-refractivity contribution < 1.29 is 15.1 Å². The average molecular weight is 428 g/mol. The van der Waals surface area contributed by atoms with Crippen LogP contribution in [0.1, 0.15) is 86.0 Å². The number of hydrogen-bond acceptors (Lipinski definition) is 4. The highest BCUT2D eigenvalue weighted by Gasteiger charge is 2.60. The van der Waals surface area contributed by atoms with Crippen molar-refractivity contribution in [2.75, 3.05) is 0 Å². The van der Waals surface area contributed by atoms with Crippen molar-refractivity contribution in [3.8, 4) is 0 Å². The van der Waals surface area contributed by atoms with E-state index in [2.05, 4.69) is 39.8 Å². The molecule has 4 rings (SSSR count). The summed E-state index contributed by atoms with van der Waals surface area (Å²) in [4.78, 5) is 12.2. The van der Waals surface area contributed by atoms with Crippen LogP contribution in [0, 0.1) is 46.3 Å². The molecule has 0 spiro atoms. The molecule has 31 heavy (non-hydrogen) atoms. The van der Waals surface area contributed by atoms with Gasteiger partial charge < -0.3 is 10.3 Å². The Morgan fingerprint density at radius 2 is 1.87 bits per heavy atom. The molecule has 172 valence electrons. The lowest BCUT2D eigenvalue weighted by Gasteiger charge is -2.57. The summed E-state index contributed by atoms with van der Waals surface area (Å²) in [6.07, 6.45) is 12.9. The van der Waals surface area contributed by atoms with E-state index in [1.807, 2.05) is 0 Å². The molecule has 0 amide bonds. The lowest BCUT2D eigenvalue weighted by molar-refractivity contribution is -0.114. The summed E-state index contributed by atoms with van der Waals surface area (Å²) >= 11 is 0. The molecule has 3 fully saturated rings. The van der Waals surface area contributed by atoms with E-state index in [1.54, 1.807) is 6.08 Å². The van der Waals surface area contributed by atoms with E-state index in [9.17, 15) is 15.1 Å². The van der Waals surface area contributed by atoms with Gasteiger partial charge in [0.15, 0.2) is 5.76 Å². The number of allylic oxidation sites excluding steroid dienone is 3. The molecule has 0 unspecified atom stereocenters. The molecule has 4 nitrogen and oxygen atoms in total. The van der Waals surface area contributed by atoms with Gasteiger partial charge in [0.1, 0.15) is 0 Å². The van der Waals surface area contributed by atoms with Crippen LogP contribution >= 0.6 is 0 Å². The van der Waals surface area contributed by atoms with Gasteiger partial charge in [0.05, 0.1) is 5.71 Å². The Morgan fingerprint density at radius 1 is 1.13 bits per heavy atom. The first-order chi connectivity index (χ1) is 14.6. The van der Waals surface area contributed by atoms with Crippen LogP contribution in [0.15, 0.2) is 28.6 Å². The Labute approximate surface area is 187 Å². The second-order valence-electron chi connectivity index (χ2n) is 11.9. The van der Waals surface area contributed by atoms with Crippen LogP contribution in [0.2, 0.25) is 0 Å². The number of carbonyl (C=O) groups is 1. The highest BCUT2D eigenvalue weighted by molar-refractivity contribution is 6.13. The molecule has 4 aliphatic rings. The number of hydrogen-bond donors (Lipinski definition) is 2. The Balaban J connectivity index is 1.60. The van der Waals surface area contributed by atoms with Gasteiger partial charge in [-0.15, -0.1) is 0 Å². The number of nitrogens with zero attached hydrogens (tertiary/aromatic N) is 1. The van der Waals surface area contributed by atoms with Crippen LogP contribution in [0.4, 0.5) is 0 Å². The quantitative estimate of drug-likeness (QED) is 0.379. The number of ketones is 1. The van der Waals surface area contributed by atoms with Crippen LogP contribution < -0.4 is 0 Å². The number of rotatable bonds is 5. The normalized spacial score (nSPS) is 42.0. The summed E-state index contributed by atoms with van der Waals surface area (Å²) in [6.45, 7) is 11.8. The van der Waals surface area contributed by atoms with Crippen LogP contribution in [0.25, 0.3) is 0 Å². The monoisotopic (exact) mass is 427 g/mol. The van der Waals surface area contributed by atoms with Crippen LogP contribution in [0.5, 0.6) is 0 Å². The van der Waals surface area contributed by atoms with Gasteiger partial charge in [-0.3, -0.25) is 4.79 Å². The molecule has 0 saturated heterocycles. The van der Waals surface area contributed by atoms with Gasteiger partial charge in [0.2, 0.25) is 5.78 Å². The van der Waals surface area contributed by atoms with Crippen molar-refractivity contribution in [3.63, 3.8) is 0 Å². The SMILES string of the molecule is CC(C)CCC[C@@H](C)[C@H]1CC[C@H]2[C@@H]3C/C(=N/O)C4=CC(=O)C(O)=C[C@]4(C)[C@H]3CC[C@]12C. The van der Waals surface area contributed by atoms with Gasteiger partial charge >= 0.3 is 0 Å². The van der Waals surface area contributed by atoms with Gasteiger partial charge in [-0.25, -0.2) is 0 Å². The minimum Gasteiger partial charge on any atom is -0.504 e. The first-order valence-corrected chi connectivity index (χ1v) is 12.5. The van der Waals surface area contributed by atoms with E-state index in [4.69, 9.17) is 0 Å². The number of aliphatic hydroxyl groups excluding tert-OH is 1. The molecule has 2 N–H and O–H groups in total. The predicted octanol–water partition coefficient (Wildman–Crippen LogP) is 6.70. The molecular formula is C27H41NO3. The minimum absolute atomic E-state index is 0.152. The first kappa shape index (κ1) is 22.6. The maximum Gasteiger partial charge on any atom is 0.220 e. The fourth-order valence-electron chi connectivity index (χ4n) is 8.26. The Morgan fingerprint density at radius 3 is 2.55 bits per heavy atom. The van der Waals surface area contributed by atoms with E-state index in [-0.39, 0.29) is 11.5 Å². The maximum atomic E-state index is 12.2. The average Bonchev–Trinajstić information content (AvgIpc) is 3.06. The summed E-state index contributed by atoms with van der Waals surface area (Å²) in [7, 11) is 0. The zero-order valence-corrected chi connectivity index (χ0v) is 20.0. The Hall–Kier alpha value is -1.58. The maximum absolute atomic E-state index is 12.2. The summed E-state index contributed by atoms with van der Waals surface area (Å²) in [6, 6.07) is 0. The number of aliphatic hydroxyl groups is 1. The third-order valence-corrected chi connectivity index (χ3v) is 9.81. The van der Waals surface area contributed by atoms with Crippen LogP contribution in [-0.2, 0) is 4.79 Å². The molecule has 0 heterocycles. The predicted molar refractivity (Wildman–Crippen MR) is 124 cm³/mol. The first-order valence-electron chi connectivity index (χ1n) is 12.5. The summed E-state index contributed by atoms with van der Waals surface area (Å²) in [5.41, 5.74) is 1.38. The van der Waals surface area contributed by atoms with Crippen molar-refractivity contribution >= 4 is 11.5 Å². The summed E-state index contributed by atoms with van der Waals surface area (Å²) in [5.74, 6) is 3.22. The smallest absolute Gasteiger partial charge is 0.220 e. The molecule has 0 aromatic heterocycles. The van der Waals surface area contributed by atoms with Crippen molar-refractivity contribution in [2.24, 2.45) is 51.5 Å². The highest BCUT2D eigenvalue weighted by Crippen LogP contribution is 2.66. The van der Waals surface area contributed by atoms with E-state index < -0.39 is 5.41 Å². The van der Waals surface area contributed by atoms with Gasteiger partial charge in [-0.1, -0.05) is 59.0 Å². The molecule has 0 bridgehead atoms. The molecule has 0 aliphatic heterocycles. The van der Waals surface area contributed by atoms with Crippen molar-refractivity contribution in [1.82, 2.24) is 0 Å². The van der Waals surface area contributed by atoms with Crippen LogP contribution in [0.3, 0.4) is 0 Å². The molecule has 4 heteroatoms. The summed E-state index contributed by atoms with van der Waals surface area (Å²) < 4.78 is 0. The van der Waals surface area contributed by atoms with Gasteiger partial charge in [0, 0.05) is 5.41 Å². The third-order valence-electron chi connectivity index (χ3n) is 9.81. The van der Waals surface area contributed by atoms with Gasteiger partial charge in [0.25, 0.3) is 0 Å². The lowest BCUT2D eigenvalue weighted by atomic mass is 9.47. The van der Waals surface area contributed by atoms with Crippen molar-refractivity contribution in [3.05, 3.63) is 23.5 Å². The number of fused-ring (bicyclic) bond motifs is 5. The van der Waals surface area contributed by atoms with Crippen LogP contribution in [-0.4, -0.2) is 21.8 Å². The van der Waals surface area contributed by atoms with Crippen molar-refractivity contribution in [1.29, 1.82) is 0 Å². The number of carbonyl (C=O) groups excluding carboxylic acids is 1. The zero-order valence-electron chi connectivity index (χ0n) is 20.0. The van der Waals surface area contributed by atoms with E-state index in [1.165, 1.54) is 44.6 Å². The fraction of sp³-hybridized carbons (Fsp3) is 0.778. The highest BCUT2D eigenvalue weighted by atomic mass is 16.4. The standard InChI is InChI=1S/C27H41NO3/c1-16(2)7-6-8-17(3)19-9-10-20-18-13-23(28-31)22-14-24(29)25(30)15-27(22,5)21(18)11-12-26(19,20)4/h14-21,30-31H,6-13H2,1-5H3/b28-23-/t17-,18+,19-,20+,21+,26-,27-/m1/s1. The number of oxime groups is 1. The molecule has 0 aromatic carbocycles. The van der Waals surface area contributed by atoms with Crippen molar-refractivity contribution in [2.45, 2.75) is 86.0 Å². The van der Waals surface area contributed by atoms with E-state index in [0.717, 1.165) is 36.2 Å². The molecule has 4 aliphatic carbocycles. The lowest BCUT2D eigenvalue weighted by Crippen LogP contribution is -2.52. The van der Waals surface area contributed by atoms with Gasteiger partial charge in [-0.05, 0) is 90.8 Å². The zero-order chi connectivity index (χ0) is 22.6. The fourth-order valence-corrected chi connectivity index (χ4v) is 8.26. The molecule has 0 aromatic rings. The molecule has 3 saturated carbocycles. The molecule has 7 atom stereocenters. The Kier molecular flexibility index (Phi) is 5.89. The summed E-state index contributed by atoms with van der Waals surface area (Å²) in [5, 5.41) is 23.8. The second-order valence-corrected chi connectivity index (χ2v) is 11.9.